The molecule has 0 heterocycles. The smallest absolute Gasteiger partial charge is 0.333 e. The Balaban J connectivity index is 1.53. The molecule has 1 atom stereocenters. The van der Waals surface area contributed by atoms with Gasteiger partial charge in [-0.2, -0.15) is 0 Å². The lowest BCUT2D eigenvalue weighted by atomic mass is 10.1. The van der Waals surface area contributed by atoms with Crippen molar-refractivity contribution in [3.05, 3.63) is 95.6 Å². The van der Waals surface area contributed by atoms with Crippen LogP contribution in [0.4, 0.5) is 19.3 Å². The second-order valence-corrected chi connectivity index (χ2v) is 8.91. The Morgan fingerprint density at radius 3 is 2.38 bits per heavy atom. The molecule has 2 amide bonds. The summed E-state index contributed by atoms with van der Waals surface area (Å²) >= 11 is 0. The summed E-state index contributed by atoms with van der Waals surface area (Å²) in [6, 6.07) is 19.1. The molecule has 0 aliphatic heterocycles. The molecular weight excluding hydrogens is 522 g/mol. The Hall–Kier alpha value is -4.02. The van der Waals surface area contributed by atoms with Gasteiger partial charge < -0.3 is 29.5 Å². The van der Waals surface area contributed by atoms with Crippen LogP contribution in [0.15, 0.2) is 72.8 Å². The molecule has 0 aliphatic carbocycles. The van der Waals surface area contributed by atoms with Crippen molar-refractivity contribution in [2.45, 2.75) is 32.5 Å². The van der Waals surface area contributed by atoms with Crippen molar-refractivity contribution in [1.29, 1.82) is 0 Å². The number of amides is 2. The number of anilines is 1. The van der Waals surface area contributed by atoms with Gasteiger partial charge in [-0.1, -0.05) is 42.5 Å². The number of urea groups is 1. The second kappa shape index (κ2) is 16.2. The van der Waals surface area contributed by atoms with E-state index in [9.17, 15) is 23.5 Å². The van der Waals surface area contributed by atoms with Crippen molar-refractivity contribution in [3.63, 3.8) is 0 Å². The lowest BCUT2D eigenvalue weighted by Gasteiger charge is -2.23. The van der Waals surface area contributed by atoms with Crippen LogP contribution >= 0.6 is 0 Å². The minimum atomic E-state index is -1.02. The fourth-order valence-electron chi connectivity index (χ4n) is 3.85. The second-order valence-electron chi connectivity index (χ2n) is 8.91. The van der Waals surface area contributed by atoms with Gasteiger partial charge in [0.05, 0.1) is 18.8 Å². The molecule has 0 bridgehead atoms. The Bertz CT molecular complexity index is 1210. The summed E-state index contributed by atoms with van der Waals surface area (Å²) in [5, 5.41) is 11.8. The van der Waals surface area contributed by atoms with Gasteiger partial charge in [-0.05, 0) is 48.7 Å². The zero-order valence-corrected chi connectivity index (χ0v) is 22.4. The number of benzene rings is 3. The van der Waals surface area contributed by atoms with Crippen molar-refractivity contribution in [2.75, 3.05) is 38.2 Å². The highest BCUT2D eigenvalue weighted by molar-refractivity contribution is 5.89. The van der Waals surface area contributed by atoms with Crippen LogP contribution in [-0.4, -0.2) is 61.0 Å². The van der Waals surface area contributed by atoms with Crippen molar-refractivity contribution in [1.82, 2.24) is 4.90 Å². The van der Waals surface area contributed by atoms with Gasteiger partial charge in [0.15, 0.2) is 6.10 Å². The third-order valence-electron chi connectivity index (χ3n) is 5.91. The normalized spacial score (nSPS) is 11.6. The van der Waals surface area contributed by atoms with E-state index in [-0.39, 0.29) is 25.3 Å². The van der Waals surface area contributed by atoms with E-state index >= 15 is 0 Å². The first kappa shape index (κ1) is 30.5. The number of hydrogen-bond acceptors (Lipinski definition) is 5. The Morgan fingerprint density at radius 1 is 0.950 bits per heavy atom. The number of carbonyl (C=O) groups excluding carboxylic acids is 1. The minimum absolute atomic E-state index is 0.125. The van der Waals surface area contributed by atoms with Crippen LogP contribution in [0.2, 0.25) is 0 Å². The number of nitrogens with one attached hydrogen (secondary N) is 1. The first-order chi connectivity index (χ1) is 19.4. The topological polar surface area (TPSA) is 97.3 Å². The number of carbonyl (C=O) groups is 2. The zero-order chi connectivity index (χ0) is 28.7. The van der Waals surface area contributed by atoms with E-state index in [0.29, 0.717) is 44.6 Å². The fraction of sp³-hybridized carbons (Fsp3) is 0.333. The zero-order valence-electron chi connectivity index (χ0n) is 22.4. The van der Waals surface area contributed by atoms with Crippen LogP contribution in [-0.2, 0) is 27.3 Å². The lowest BCUT2D eigenvalue weighted by molar-refractivity contribution is -0.149. The molecule has 214 valence electrons. The van der Waals surface area contributed by atoms with E-state index in [1.807, 2.05) is 30.3 Å². The predicted octanol–water partition coefficient (Wildman–Crippen LogP) is 5.52. The van der Waals surface area contributed by atoms with E-state index in [0.717, 1.165) is 17.2 Å². The van der Waals surface area contributed by atoms with Crippen molar-refractivity contribution < 1.29 is 37.7 Å². The van der Waals surface area contributed by atoms with E-state index in [1.54, 1.807) is 31.2 Å². The molecule has 0 saturated heterocycles. The highest BCUT2D eigenvalue weighted by Crippen LogP contribution is 2.17. The first-order valence-corrected chi connectivity index (χ1v) is 13.0. The molecule has 2 N–H and O–H groups in total. The standard InChI is InChI=1S/C30H34F2N2O6/c1-2-39-28(29(35)36)19-22-9-12-25(13-10-22)40-18-16-34(15-6-17-38-21-23-7-4-3-5-8-23)30(37)33-27-14-11-24(31)20-26(27)32/h3-5,7-14,20,28H,2,6,15-19,21H2,1H3,(H,33,37)(H,35,36). The van der Waals surface area contributed by atoms with Crippen LogP contribution < -0.4 is 10.1 Å². The maximum atomic E-state index is 14.1. The maximum absolute atomic E-state index is 14.1. The van der Waals surface area contributed by atoms with Crippen LogP contribution in [0.5, 0.6) is 5.75 Å². The monoisotopic (exact) mass is 556 g/mol. The number of nitrogens with zero attached hydrogens (tertiary/aromatic N) is 1. The van der Waals surface area contributed by atoms with Gasteiger partial charge in [-0.25, -0.2) is 18.4 Å². The summed E-state index contributed by atoms with van der Waals surface area (Å²) in [6.45, 7) is 3.57. The Kier molecular flexibility index (Phi) is 12.3. The summed E-state index contributed by atoms with van der Waals surface area (Å²) in [4.78, 5) is 25.7. The summed E-state index contributed by atoms with van der Waals surface area (Å²) in [6.07, 6.45) is -0.166. The highest BCUT2D eigenvalue weighted by atomic mass is 19.1. The van der Waals surface area contributed by atoms with Gasteiger partial charge >= 0.3 is 12.0 Å². The van der Waals surface area contributed by atoms with Gasteiger partial charge in [-0.3, -0.25) is 0 Å². The summed E-state index contributed by atoms with van der Waals surface area (Å²) in [7, 11) is 0. The summed E-state index contributed by atoms with van der Waals surface area (Å²) in [5.74, 6) is -2.08. The summed E-state index contributed by atoms with van der Waals surface area (Å²) < 4.78 is 44.1. The average molecular weight is 557 g/mol. The van der Waals surface area contributed by atoms with E-state index in [1.165, 1.54) is 11.0 Å². The third-order valence-corrected chi connectivity index (χ3v) is 5.91. The van der Waals surface area contributed by atoms with Crippen LogP contribution in [0.1, 0.15) is 24.5 Å². The molecule has 3 aromatic rings. The Labute approximate surface area is 232 Å². The van der Waals surface area contributed by atoms with Crippen molar-refractivity contribution in [3.8, 4) is 5.75 Å². The Morgan fingerprint density at radius 2 is 1.70 bits per heavy atom. The number of halogens is 2. The minimum Gasteiger partial charge on any atom is -0.492 e. The van der Waals surface area contributed by atoms with E-state index < -0.39 is 29.7 Å². The molecular formula is C30H34F2N2O6. The van der Waals surface area contributed by atoms with Crippen LogP contribution in [0, 0.1) is 11.6 Å². The quantitative estimate of drug-likeness (QED) is 0.226. The van der Waals surface area contributed by atoms with E-state index in [4.69, 9.17) is 14.2 Å². The molecule has 0 radical (unpaired) electrons. The van der Waals surface area contributed by atoms with Gasteiger partial charge in [0.25, 0.3) is 0 Å². The van der Waals surface area contributed by atoms with Gasteiger partial charge in [0, 0.05) is 32.2 Å². The molecule has 0 saturated carbocycles. The van der Waals surface area contributed by atoms with Crippen LogP contribution in [0.3, 0.4) is 0 Å². The number of aliphatic carboxylic acids is 1. The largest absolute Gasteiger partial charge is 0.492 e. The van der Waals surface area contributed by atoms with Gasteiger partial charge in [-0.15, -0.1) is 0 Å². The molecule has 3 rings (SSSR count). The molecule has 8 nitrogen and oxygen atoms in total. The molecule has 0 fully saturated rings. The van der Waals surface area contributed by atoms with Crippen molar-refractivity contribution >= 4 is 17.7 Å². The molecule has 0 aliphatic rings. The lowest BCUT2D eigenvalue weighted by Crippen LogP contribution is -2.39. The predicted molar refractivity (Wildman–Crippen MR) is 146 cm³/mol. The number of rotatable bonds is 16. The highest BCUT2D eigenvalue weighted by Gasteiger charge is 2.18. The van der Waals surface area contributed by atoms with Gasteiger partial charge in [0.1, 0.15) is 24.0 Å². The molecule has 10 heteroatoms. The number of hydrogen-bond donors (Lipinski definition) is 2. The average Bonchev–Trinajstić information content (AvgIpc) is 2.94. The van der Waals surface area contributed by atoms with E-state index in [2.05, 4.69) is 5.32 Å². The maximum Gasteiger partial charge on any atom is 0.333 e. The van der Waals surface area contributed by atoms with Gasteiger partial charge in [0.2, 0.25) is 0 Å². The summed E-state index contributed by atoms with van der Waals surface area (Å²) in [5.41, 5.74) is 1.70. The molecule has 0 aromatic heterocycles. The SMILES string of the molecule is CCOC(Cc1ccc(OCCN(CCCOCc2ccccc2)C(=O)Nc2ccc(F)cc2F)cc1)C(=O)O. The number of ether oxygens (including phenoxy) is 3. The molecule has 1 unspecified atom stereocenters. The third kappa shape index (κ3) is 10.3. The van der Waals surface area contributed by atoms with Crippen LogP contribution in [0.25, 0.3) is 0 Å². The first-order valence-electron chi connectivity index (χ1n) is 13.0. The van der Waals surface area contributed by atoms with Crippen molar-refractivity contribution in [2.24, 2.45) is 0 Å². The fourth-order valence-corrected chi connectivity index (χ4v) is 3.85. The molecule has 0 spiro atoms. The number of carboxylic acid groups (broad SMARTS) is 1. The molecule has 40 heavy (non-hydrogen) atoms. The number of carboxylic acids is 1. The molecule has 3 aromatic carbocycles.